The Hall–Kier alpha value is -1.37. The molecule has 0 aliphatic rings. The van der Waals surface area contributed by atoms with Crippen LogP contribution in [-0.4, -0.2) is 22.1 Å². The van der Waals surface area contributed by atoms with E-state index in [1.807, 2.05) is 37.3 Å². The first-order chi connectivity index (χ1) is 9.51. The summed E-state index contributed by atoms with van der Waals surface area (Å²) >= 11 is 1.28. The Morgan fingerprint density at radius 2 is 1.85 bits per heavy atom. The van der Waals surface area contributed by atoms with Gasteiger partial charge in [0.05, 0.1) is 7.11 Å². The van der Waals surface area contributed by atoms with Gasteiger partial charge in [0, 0.05) is 11.4 Å². The van der Waals surface area contributed by atoms with Crippen molar-refractivity contribution in [2.24, 2.45) is 0 Å². The number of hydrogen-bond acceptors (Lipinski definition) is 4. The Kier molecular flexibility index (Phi) is 4.80. The van der Waals surface area contributed by atoms with Crippen molar-refractivity contribution >= 4 is 21.4 Å². The third-order valence-corrected chi connectivity index (χ3v) is 5.80. The van der Waals surface area contributed by atoms with E-state index >= 15 is 0 Å². The van der Waals surface area contributed by atoms with Crippen LogP contribution in [0.4, 0.5) is 0 Å². The zero-order chi connectivity index (χ0) is 14.6. The van der Waals surface area contributed by atoms with Crippen LogP contribution in [0.15, 0.2) is 40.6 Å². The van der Waals surface area contributed by atoms with Crippen LogP contribution in [-0.2, 0) is 16.4 Å². The van der Waals surface area contributed by atoms with Crippen molar-refractivity contribution in [1.82, 2.24) is 4.72 Å². The molecule has 0 atom stereocenters. The zero-order valence-corrected chi connectivity index (χ0v) is 13.1. The lowest BCUT2D eigenvalue weighted by molar-refractivity contribution is 0.414. The van der Waals surface area contributed by atoms with Crippen LogP contribution in [0.2, 0.25) is 0 Å². The van der Waals surface area contributed by atoms with Gasteiger partial charge in [0.25, 0.3) is 0 Å². The van der Waals surface area contributed by atoms with Gasteiger partial charge >= 0.3 is 0 Å². The molecule has 20 heavy (non-hydrogen) atoms. The lowest BCUT2D eigenvalue weighted by Crippen LogP contribution is -2.25. The maximum absolute atomic E-state index is 12.0. The van der Waals surface area contributed by atoms with E-state index in [4.69, 9.17) is 4.74 Å². The number of benzene rings is 1. The van der Waals surface area contributed by atoms with Gasteiger partial charge in [0.1, 0.15) is 9.96 Å². The predicted octanol–water partition coefficient (Wildman–Crippen LogP) is 2.59. The van der Waals surface area contributed by atoms with Gasteiger partial charge in [-0.25, -0.2) is 13.1 Å². The minimum absolute atomic E-state index is 0.365. The van der Waals surface area contributed by atoms with Gasteiger partial charge in [-0.3, -0.25) is 0 Å². The Bertz CT molecular complexity index is 660. The first-order valence-electron chi connectivity index (χ1n) is 6.20. The molecule has 2 aromatic rings. The molecule has 0 radical (unpaired) electrons. The minimum atomic E-state index is -3.38. The number of thiophene rings is 1. The topological polar surface area (TPSA) is 55.4 Å². The number of hydrogen-bond donors (Lipinski definition) is 1. The molecule has 0 fully saturated rings. The monoisotopic (exact) mass is 311 g/mol. The first kappa shape index (κ1) is 15.0. The summed E-state index contributed by atoms with van der Waals surface area (Å²) in [5.74, 6) is 0.795. The molecule has 1 N–H and O–H groups in total. The fourth-order valence-electron chi connectivity index (χ4n) is 1.75. The molecule has 1 aromatic heterocycles. The normalized spacial score (nSPS) is 11.5. The molecule has 1 aromatic carbocycles. The number of sulfonamides is 1. The molecule has 0 aliphatic heterocycles. The van der Waals surface area contributed by atoms with E-state index in [0.29, 0.717) is 17.2 Å². The smallest absolute Gasteiger partial charge is 0.250 e. The number of ether oxygens (including phenoxy) is 1. The molecule has 4 nitrogen and oxygen atoms in total. The van der Waals surface area contributed by atoms with Gasteiger partial charge in [-0.1, -0.05) is 12.1 Å². The van der Waals surface area contributed by atoms with Crippen LogP contribution in [0.3, 0.4) is 0 Å². The average molecular weight is 311 g/mol. The summed E-state index contributed by atoms with van der Waals surface area (Å²) in [5.41, 5.74) is 1.07. The van der Waals surface area contributed by atoms with Crippen LogP contribution in [0, 0.1) is 6.92 Å². The Morgan fingerprint density at radius 3 is 2.40 bits per heavy atom. The summed E-state index contributed by atoms with van der Waals surface area (Å²) < 4.78 is 32.1. The van der Waals surface area contributed by atoms with E-state index in [1.165, 1.54) is 11.3 Å². The molecule has 6 heteroatoms. The molecule has 0 spiro atoms. The number of aryl methyl sites for hydroxylation is 1. The summed E-state index contributed by atoms with van der Waals surface area (Å²) in [5, 5.41) is 0. The molecule has 0 amide bonds. The average Bonchev–Trinajstić information content (AvgIpc) is 2.87. The second kappa shape index (κ2) is 6.39. The quantitative estimate of drug-likeness (QED) is 0.892. The Morgan fingerprint density at radius 1 is 1.15 bits per heavy atom. The summed E-state index contributed by atoms with van der Waals surface area (Å²) in [6, 6.07) is 11.0. The Labute approximate surface area is 123 Å². The highest BCUT2D eigenvalue weighted by atomic mass is 32.2. The Balaban J connectivity index is 1.91. The summed E-state index contributed by atoms with van der Waals surface area (Å²) in [4.78, 5) is 0.987. The van der Waals surface area contributed by atoms with Gasteiger partial charge in [0.2, 0.25) is 10.0 Å². The van der Waals surface area contributed by atoms with Crippen molar-refractivity contribution in [2.45, 2.75) is 17.6 Å². The van der Waals surface area contributed by atoms with Crippen molar-refractivity contribution in [1.29, 1.82) is 0 Å². The van der Waals surface area contributed by atoms with E-state index < -0.39 is 10.0 Å². The first-order valence-corrected chi connectivity index (χ1v) is 8.50. The lowest BCUT2D eigenvalue weighted by atomic mass is 10.1. The fourth-order valence-corrected chi connectivity index (χ4v) is 4.11. The molecule has 0 aliphatic carbocycles. The molecule has 0 saturated carbocycles. The van der Waals surface area contributed by atoms with Gasteiger partial charge in [-0.15, -0.1) is 11.3 Å². The summed E-state index contributed by atoms with van der Waals surface area (Å²) in [6.45, 7) is 2.27. The van der Waals surface area contributed by atoms with Crippen molar-refractivity contribution in [3.05, 3.63) is 46.8 Å². The molecule has 0 saturated heterocycles. The largest absolute Gasteiger partial charge is 0.497 e. The standard InChI is InChI=1S/C14H17NO3S2/c1-11-3-8-14(19-11)20(16,17)15-10-9-12-4-6-13(18-2)7-5-12/h3-8,15H,9-10H2,1-2H3. The maximum Gasteiger partial charge on any atom is 0.250 e. The third-order valence-electron chi connectivity index (χ3n) is 2.85. The van der Waals surface area contributed by atoms with Crippen LogP contribution < -0.4 is 9.46 Å². The van der Waals surface area contributed by atoms with Crippen molar-refractivity contribution < 1.29 is 13.2 Å². The van der Waals surface area contributed by atoms with Crippen LogP contribution in [0.5, 0.6) is 5.75 Å². The lowest BCUT2D eigenvalue weighted by Gasteiger charge is -2.06. The molecule has 108 valence electrons. The molecule has 2 rings (SSSR count). The van der Waals surface area contributed by atoms with E-state index in [9.17, 15) is 8.42 Å². The molecule has 1 heterocycles. The van der Waals surface area contributed by atoms with Gasteiger partial charge in [0.15, 0.2) is 0 Å². The zero-order valence-electron chi connectivity index (χ0n) is 11.4. The second-order valence-corrected chi connectivity index (χ2v) is 7.64. The minimum Gasteiger partial charge on any atom is -0.497 e. The maximum atomic E-state index is 12.0. The van der Waals surface area contributed by atoms with E-state index in [1.54, 1.807) is 13.2 Å². The number of methoxy groups -OCH3 is 1. The molecular formula is C14H17NO3S2. The second-order valence-electron chi connectivity index (χ2n) is 4.36. The van der Waals surface area contributed by atoms with E-state index in [-0.39, 0.29) is 0 Å². The summed E-state index contributed by atoms with van der Waals surface area (Å²) in [7, 11) is -1.76. The highest BCUT2D eigenvalue weighted by Gasteiger charge is 2.15. The van der Waals surface area contributed by atoms with Crippen molar-refractivity contribution in [3.8, 4) is 5.75 Å². The fraction of sp³-hybridized carbons (Fsp3) is 0.286. The third kappa shape index (κ3) is 3.82. The van der Waals surface area contributed by atoms with E-state index in [2.05, 4.69) is 4.72 Å². The molecule has 0 bridgehead atoms. The highest BCUT2D eigenvalue weighted by Crippen LogP contribution is 2.20. The van der Waals surface area contributed by atoms with E-state index in [0.717, 1.165) is 16.2 Å². The predicted molar refractivity (Wildman–Crippen MR) is 80.9 cm³/mol. The molecular weight excluding hydrogens is 294 g/mol. The van der Waals surface area contributed by atoms with Gasteiger partial charge < -0.3 is 4.74 Å². The van der Waals surface area contributed by atoms with Crippen LogP contribution in [0.25, 0.3) is 0 Å². The van der Waals surface area contributed by atoms with Gasteiger partial charge in [-0.05, 0) is 43.2 Å². The highest BCUT2D eigenvalue weighted by molar-refractivity contribution is 7.91. The summed E-state index contributed by atoms with van der Waals surface area (Å²) in [6.07, 6.45) is 0.646. The molecule has 0 unspecified atom stereocenters. The van der Waals surface area contributed by atoms with Crippen LogP contribution >= 0.6 is 11.3 Å². The van der Waals surface area contributed by atoms with Gasteiger partial charge in [-0.2, -0.15) is 0 Å². The van der Waals surface area contributed by atoms with Crippen LogP contribution in [0.1, 0.15) is 10.4 Å². The number of rotatable bonds is 6. The van der Waals surface area contributed by atoms with Crippen molar-refractivity contribution in [3.63, 3.8) is 0 Å². The number of nitrogens with one attached hydrogen (secondary N) is 1. The SMILES string of the molecule is COc1ccc(CCNS(=O)(=O)c2ccc(C)s2)cc1. The van der Waals surface area contributed by atoms with Crippen molar-refractivity contribution in [2.75, 3.05) is 13.7 Å².